The van der Waals surface area contributed by atoms with Crippen LogP contribution < -0.4 is 10.2 Å². The van der Waals surface area contributed by atoms with Crippen LogP contribution >= 0.6 is 11.6 Å². The monoisotopic (exact) mass is 449 g/mol. The van der Waals surface area contributed by atoms with Crippen LogP contribution in [0.5, 0.6) is 0 Å². The highest BCUT2D eigenvalue weighted by molar-refractivity contribution is 6.30. The Morgan fingerprint density at radius 3 is 2.25 bits per heavy atom. The second-order valence-corrected chi connectivity index (χ2v) is 8.55. The van der Waals surface area contributed by atoms with Crippen molar-refractivity contribution in [2.75, 3.05) is 18.0 Å². The molecule has 0 aliphatic carbocycles. The Hall–Kier alpha value is -2.89. The predicted octanol–water partition coefficient (Wildman–Crippen LogP) is 4.98. The molecule has 0 unspecified atom stereocenters. The summed E-state index contributed by atoms with van der Waals surface area (Å²) in [6.07, 6.45) is 3.32. The van der Waals surface area contributed by atoms with Crippen molar-refractivity contribution in [1.82, 2.24) is 10.3 Å². The van der Waals surface area contributed by atoms with E-state index in [9.17, 15) is 4.79 Å². The molecule has 166 valence electrons. The quantitative estimate of drug-likeness (QED) is 0.526. The molecule has 0 atom stereocenters. The Morgan fingerprint density at radius 2 is 1.59 bits per heavy atom. The van der Waals surface area contributed by atoms with Crippen LogP contribution in [0.4, 0.5) is 5.82 Å². The lowest BCUT2D eigenvalue weighted by atomic mass is 9.96. The van der Waals surface area contributed by atoms with Crippen molar-refractivity contribution in [3.8, 4) is 0 Å². The number of benzene rings is 2. The molecule has 1 saturated heterocycles. The second-order valence-electron chi connectivity index (χ2n) is 8.11. The SMILES string of the molecule is O=C(NCc1ccc(COCc2ccccc2)cc1)C1CCN(c2ccc(Cl)cn2)CC1. The van der Waals surface area contributed by atoms with Gasteiger partial charge in [-0.3, -0.25) is 4.79 Å². The maximum Gasteiger partial charge on any atom is 0.223 e. The maximum atomic E-state index is 12.6. The van der Waals surface area contributed by atoms with E-state index in [0.717, 1.165) is 42.9 Å². The maximum absolute atomic E-state index is 12.6. The zero-order valence-corrected chi connectivity index (χ0v) is 18.8. The lowest BCUT2D eigenvalue weighted by Gasteiger charge is -2.32. The molecule has 1 amide bonds. The summed E-state index contributed by atoms with van der Waals surface area (Å²) in [4.78, 5) is 19.2. The van der Waals surface area contributed by atoms with Crippen molar-refractivity contribution in [2.24, 2.45) is 5.92 Å². The van der Waals surface area contributed by atoms with Gasteiger partial charge in [0.1, 0.15) is 5.82 Å². The molecule has 5 nitrogen and oxygen atoms in total. The number of rotatable bonds is 8. The largest absolute Gasteiger partial charge is 0.372 e. The first-order valence-electron chi connectivity index (χ1n) is 11.0. The van der Waals surface area contributed by atoms with Gasteiger partial charge in [-0.1, -0.05) is 66.2 Å². The molecule has 1 fully saturated rings. The average Bonchev–Trinajstić information content (AvgIpc) is 2.85. The molecule has 32 heavy (non-hydrogen) atoms. The number of nitrogens with zero attached hydrogens (tertiary/aromatic N) is 2. The lowest BCUT2D eigenvalue weighted by molar-refractivity contribution is -0.125. The number of aromatic nitrogens is 1. The fourth-order valence-electron chi connectivity index (χ4n) is 3.87. The zero-order valence-electron chi connectivity index (χ0n) is 18.0. The van der Waals surface area contributed by atoms with Crippen LogP contribution in [0.1, 0.15) is 29.5 Å². The fraction of sp³-hybridized carbons (Fsp3) is 0.308. The number of carbonyl (C=O) groups excluding carboxylic acids is 1. The number of anilines is 1. The van der Waals surface area contributed by atoms with Gasteiger partial charge in [0.15, 0.2) is 0 Å². The minimum absolute atomic E-state index is 0.0456. The van der Waals surface area contributed by atoms with Crippen molar-refractivity contribution in [1.29, 1.82) is 0 Å². The Morgan fingerprint density at radius 1 is 0.938 bits per heavy atom. The number of halogens is 1. The van der Waals surface area contributed by atoms with Crippen LogP contribution in [0.3, 0.4) is 0 Å². The molecule has 3 aromatic rings. The third-order valence-electron chi connectivity index (χ3n) is 5.77. The normalized spacial score (nSPS) is 14.3. The Bertz CT molecular complexity index is 986. The number of pyridine rings is 1. The molecule has 6 heteroatoms. The Balaban J connectivity index is 1.17. The van der Waals surface area contributed by atoms with E-state index in [-0.39, 0.29) is 11.8 Å². The van der Waals surface area contributed by atoms with Gasteiger partial charge >= 0.3 is 0 Å². The van der Waals surface area contributed by atoms with Crippen molar-refractivity contribution in [3.05, 3.63) is 94.6 Å². The fourth-order valence-corrected chi connectivity index (χ4v) is 3.99. The summed E-state index contributed by atoms with van der Waals surface area (Å²) >= 11 is 5.91. The van der Waals surface area contributed by atoms with Crippen LogP contribution in [0.25, 0.3) is 0 Å². The van der Waals surface area contributed by atoms with Crippen LogP contribution in [-0.4, -0.2) is 24.0 Å². The first kappa shape index (κ1) is 22.3. The molecule has 0 spiro atoms. The summed E-state index contributed by atoms with van der Waals surface area (Å²) in [7, 11) is 0. The summed E-state index contributed by atoms with van der Waals surface area (Å²) in [6.45, 7) is 3.37. The van der Waals surface area contributed by atoms with Crippen molar-refractivity contribution in [3.63, 3.8) is 0 Å². The summed E-state index contributed by atoms with van der Waals surface area (Å²) in [5.74, 6) is 1.09. The van der Waals surface area contributed by atoms with Gasteiger partial charge in [-0.2, -0.15) is 0 Å². The Kier molecular flexibility index (Phi) is 7.75. The highest BCUT2D eigenvalue weighted by Crippen LogP contribution is 2.23. The zero-order chi connectivity index (χ0) is 22.2. The number of ether oxygens (including phenoxy) is 1. The van der Waals surface area contributed by atoms with Gasteiger partial charge in [0.05, 0.1) is 18.2 Å². The number of piperidine rings is 1. The molecule has 2 heterocycles. The summed E-state index contributed by atoms with van der Waals surface area (Å²) in [6, 6.07) is 22.2. The van der Waals surface area contributed by atoms with Gasteiger partial charge in [0, 0.05) is 31.7 Å². The second kappa shape index (κ2) is 11.1. The molecule has 1 aliphatic rings. The standard InChI is InChI=1S/C26H28ClN3O2/c27-24-10-11-25(28-17-24)30-14-12-23(13-15-30)26(31)29-16-20-6-8-22(9-7-20)19-32-18-21-4-2-1-3-5-21/h1-11,17,23H,12-16,18-19H2,(H,29,31). The molecule has 1 aromatic heterocycles. The van der Waals surface area contributed by atoms with Crippen molar-refractivity contribution in [2.45, 2.75) is 32.6 Å². The molecule has 2 aromatic carbocycles. The van der Waals surface area contributed by atoms with E-state index in [2.05, 4.69) is 51.6 Å². The van der Waals surface area contributed by atoms with E-state index in [4.69, 9.17) is 16.3 Å². The van der Waals surface area contributed by atoms with Crippen LogP contribution in [0, 0.1) is 5.92 Å². The highest BCUT2D eigenvalue weighted by atomic mass is 35.5. The molecule has 0 radical (unpaired) electrons. The number of carbonyl (C=O) groups is 1. The molecular weight excluding hydrogens is 422 g/mol. The summed E-state index contributed by atoms with van der Waals surface area (Å²) in [5.41, 5.74) is 3.38. The van der Waals surface area contributed by atoms with E-state index < -0.39 is 0 Å². The van der Waals surface area contributed by atoms with Crippen molar-refractivity contribution >= 4 is 23.3 Å². The molecule has 4 rings (SSSR count). The first-order valence-corrected chi connectivity index (χ1v) is 11.4. The molecule has 0 saturated carbocycles. The van der Waals surface area contributed by atoms with Gasteiger partial charge in [0.25, 0.3) is 0 Å². The molecule has 1 N–H and O–H groups in total. The minimum atomic E-state index is 0.0456. The first-order chi connectivity index (χ1) is 15.7. The highest BCUT2D eigenvalue weighted by Gasteiger charge is 2.25. The van der Waals surface area contributed by atoms with Crippen molar-refractivity contribution < 1.29 is 9.53 Å². The van der Waals surface area contributed by atoms with Gasteiger partial charge < -0.3 is 15.0 Å². The molecular formula is C26H28ClN3O2. The van der Waals surface area contributed by atoms with Gasteiger partial charge in [0.2, 0.25) is 5.91 Å². The number of nitrogens with one attached hydrogen (secondary N) is 1. The van der Waals surface area contributed by atoms with E-state index in [1.807, 2.05) is 30.3 Å². The van der Waals surface area contributed by atoms with Gasteiger partial charge in [-0.15, -0.1) is 0 Å². The van der Waals surface area contributed by atoms with E-state index in [1.54, 1.807) is 6.20 Å². The molecule has 1 aliphatic heterocycles. The molecule has 0 bridgehead atoms. The number of amides is 1. The topological polar surface area (TPSA) is 54.5 Å². The van der Waals surface area contributed by atoms with Crippen LogP contribution in [-0.2, 0) is 29.3 Å². The average molecular weight is 450 g/mol. The van der Waals surface area contributed by atoms with Crippen LogP contribution in [0.15, 0.2) is 72.9 Å². The van der Waals surface area contributed by atoms with Gasteiger partial charge in [-0.05, 0) is 41.7 Å². The van der Waals surface area contributed by atoms with E-state index in [1.165, 1.54) is 5.56 Å². The predicted molar refractivity (Wildman–Crippen MR) is 127 cm³/mol. The lowest BCUT2D eigenvalue weighted by Crippen LogP contribution is -2.40. The third-order valence-corrected chi connectivity index (χ3v) is 6.00. The smallest absolute Gasteiger partial charge is 0.223 e. The van der Waals surface area contributed by atoms with E-state index >= 15 is 0 Å². The minimum Gasteiger partial charge on any atom is -0.372 e. The van der Waals surface area contributed by atoms with Crippen LogP contribution in [0.2, 0.25) is 5.02 Å². The third kappa shape index (κ3) is 6.31. The summed E-state index contributed by atoms with van der Waals surface area (Å²) in [5, 5.41) is 3.73. The van der Waals surface area contributed by atoms with E-state index in [0.29, 0.717) is 24.8 Å². The number of hydrogen-bond donors (Lipinski definition) is 1. The summed E-state index contributed by atoms with van der Waals surface area (Å²) < 4.78 is 5.78. The van der Waals surface area contributed by atoms with Gasteiger partial charge in [-0.25, -0.2) is 4.98 Å². The Labute approximate surface area is 194 Å². The number of hydrogen-bond acceptors (Lipinski definition) is 4.